The van der Waals surface area contributed by atoms with Gasteiger partial charge in [-0.15, -0.1) is 0 Å². The molecule has 5 nitrogen and oxygen atoms in total. The lowest BCUT2D eigenvalue weighted by Gasteiger charge is -1.98. The summed E-state index contributed by atoms with van der Waals surface area (Å²) in [5.41, 5.74) is 0.920. The standard InChI is InChI=1S/C13H9ClN2O3/c14-13-5-4-11(16(18)19)6-9(13)8-15-10-2-1-3-12(17)7-10/h1-8,17H. The highest BCUT2D eigenvalue weighted by Crippen LogP contribution is 2.22. The maximum atomic E-state index is 10.7. The van der Waals surface area contributed by atoms with Crippen LogP contribution in [0.1, 0.15) is 5.56 Å². The Morgan fingerprint density at radius 3 is 2.74 bits per heavy atom. The third kappa shape index (κ3) is 3.29. The lowest BCUT2D eigenvalue weighted by Crippen LogP contribution is -1.90. The highest BCUT2D eigenvalue weighted by atomic mass is 35.5. The first-order valence-electron chi connectivity index (χ1n) is 5.33. The fourth-order valence-corrected chi connectivity index (χ4v) is 1.63. The molecule has 0 heterocycles. The molecule has 0 spiro atoms. The second-order valence-corrected chi connectivity index (χ2v) is 4.15. The lowest BCUT2D eigenvalue weighted by atomic mass is 10.2. The van der Waals surface area contributed by atoms with Gasteiger partial charge in [0.2, 0.25) is 0 Å². The van der Waals surface area contributed by atoms with Crippen molar-refractivity contribution in [2.45, 2.75) is 0 Å². The van der Waals surface area contributed by atoms with Gasteiger partial charge in [-0.05, 0) is 18.2 Å². The van der Waals surface area contributed by atoms with E-state index in [2.05, 4.69) is 4.99 Å². The molecule has 6 heteroatoms. The summed E-state index contributed by atoms with van der Waals surface area (Å²) in [6.45, 7) is 0. The summed E-state index contributed by atoms with van der Waals surface area (Å²) in [6, 6.07) is 10.5. The van der Waals surface area contributed by atoms with E-state index in [4.69, 9.17) is 11.6 Å². The number of halogens is 1. The number of aromatic hydroxyl groups is 1. The second kappa shape index (κ2) is 5.49. The number of hydrogen-bond acceptors (Lipinski definition) is 4. The molecular formula is C13H9ClN2O3. The molecule has 96 valence electrons. The van der Waals surface area contributed by atoms with Crippen molar-refractivity contribution in [3.8, 4) is 5.75 Å². The smallest absolute Gasteiger partial charge is 0.270 e. The molecule has 0 aliphatic rings. The Morgan fingerprint density at radius 1 is 1.26 bits per heavy atom. The van der Waals surface area contributed by atoms with Gasteiger partial charge in [0.15, 0.2) is 0 Å². The van der Waals surface area contributed by atoms with E-state index in [1.54, 1.807) is 12.1 Å². The van der Waals surface area contributed by atoms with Crippen molar-refractivity contribution in [1.82, 2.24) is 0 Å². The number of nitro benzene ring substituents is 1. The van der Waals surface area contributed by atoms with Crippen LogP contribution in [-0.4, -0.2) is 16.2 Å². The van der Waals surface area contributed by atoms with E-state index in [1.165, 1.54) is 36.5 Å². The van der Waals surface area contributed by atoms with Gasteiger partial charge in [0.25, 0.3) is 5.69 Å². The van der Waals surface area contributed by atoms with Crippen LogP contribution in [-0.2, 0) is 0 Å². The molecule has 0 radical (unpaired) electrons. The van der Waals surface area contributed by atoms with E-state index in [0.717, 1.165) is 0 Å². The Labute approximate surface area is 113 Å². The largest absolute Gasteiger partial charge is 0.508 e. The Bertz CT molecular complexity index is 656. The third-order valence-corrected chi connectivity index (χ3v) is 2.72. The Hall–Kier alpha value is -2.40. The van der Waals surface area contributed by atoms with Gasteiger partial charge in [-0.3, -0.25) is 15.1 Å². The summed E-state index contributed by atoms with van der Waals surface area (Å²) in [5.74, 6) is 0.0970. The topological polar surface area (TPSA) is 75.7 Å². The minimum atomic E-state index is -0.498. The van der Waals surface area contributed by atoms with Crippen molar-refractivity contribution in [2.24, 2.45) is 4.99 Å². The first-order chi connectivity index (χ1) is 9.06. The number of aliphatic imine (C=N–C) groups is 1. The summed E-state index contributed by atoms with van der Waals surface area (Å²) in [6.07, 6.45) is 1.42. The van der Waals surface area contributed by atoms with Gasteiger partial charge in [0.05, 0.1) is 10.6 Å². The van der Waals surface area contributed by atoms with E-state index in [1.807, 2.05) is 0 Å². The molecule has 2 aromatic rings. The molecule has 0 saturated carbocycles. The van der Waals surface area contributed by atoms with Gasteiger partial charge in [-0.25, -0.2) is 0 Å². The summed E-state index contributed by atoms with van der Waals surface area (Å²) >= 11 is 5.94. The fourth-order valence-electron chi connectivity index (χ4n) is 1.46. The predicted octanol–water partition coefficient (Wildman–Crippen LogP) is 3.70. The van der Waals surface area contributed by atoms with Crippen molar-refractivity contribution >= 4 is 29.2 Å². The molecule has 0 aromatic heterocycles. The molecule has 0 aliphatic heterocycles. The van der Waals surface area contributed by atoms with Crippen LogP contribution in [0.25, 0.3) is 0 Å². The van der Waals surface area contributed by atoms with Gasteiger partial charge in [0.1, 0.15) is 5.75 Å². The Kier molecular flexibility index (Phi) is 3.77. The van der Waals surface area contributed by atoms with Crippen LogP contribution in [0.15, 0.2) is 47.5 Å². The fraction of sp³-hybridized carbons (Fsp3) is 0. The number of rotatable bonds is 3. The number of phenols is 1. The predicted molar refractivity (Wildman–Crippen MR) is 73.5 cm³/mol. The number of non-ortho nitro benzene ring substituents is 1. The number of nitrogens with zero attached hydrogens (tertiary/aromatic N) is 2. The molecule has 0 amide bonds. The first kappa shape index (κ1) is 13.0. The lowest BCUT2D eigenvalue weighted by molar-refractivity contribution is -0.384. The zero-order valence-electron chi connectivity index (χ0n) is 9.65. The summed E-state index contributed by atoms with van der Waals surface area (Å²) < 4.78 is 0. The Morgan fingerprint density at radius 2 is 2.05 bits per heavy atom. The molecule has 2 rings (SSSR count). The number of hydrogen-bond donors (Lipinski definition) is 1. The summed E-state index contributed by atoms with van der Waals surface area (Å²) in [4.78, 5) is 14.3. The molecule has 0 saturated heterocycles. The molecule has 0 aliphatic carbocycles. The zero-order valence-corrected chi connectivity index (χ0v) is 10.4. The molecule has 1 N–H and O–H groups in total. The van der Waals surface area contributed by atoms with Gasteiger partial charge >= 0.3 is 0 Å². The van der Waals surface area contributed by atoms with Crippen LogP contribution < -0.4 is 0 Å². The molecular weight excluding hydrogens is 268 g/mol. The quantitative estimate of drug-likeness (QED) is 0.527. The van der Waals surface area contributed by atoms with Gasteiger partial charge < -0.3 is 5.11 Å². The zero-order chi connectivity index (χ0) is 13.8. The number of benzene rings is 2. The number of nitro groups is 1. The van der Waals surface area contributed by atoms with Crippen molar-refractivity contribution in [3.05, 3.63) is 63.2 Å². The summed E-state index contributed by atoms with van der Waals surface area (Å²) in [5, 5.41) is 20.3. The van der Waals surface area contributed by atoms with E-state index < -0.39 is 4.92 Å². The van der Waals surface area contributed by atoms with Crippen LogP contribution in [0.2, 0.25) is 5.02 Å². The van der Waals surface area contributed by atoms with Gasteiger partial charge in [0, 0.05) is 35.0 Å². The molecule has 2 aromatic carbocycles. The number of phenolic OH excluding ortho intramolecular Hbond substituents is 1. The average Bonchev–Trinajstić information content (AvgIpc) is 2.37. The van der Waals surface area contributed by atoms with Crippen LogP contribution in [0, 0.1) is 10.1 Å². The van der Waals surface area contributed by atoms with E-state index in [0.29, 0.717) is 16.3 Å². The maximum absolute atomic E-state index is 10.7. The molecule has 0 bridgehead atoms. The Balaban J connectivity index is 2.32. The minimum absolute atomic E-state index is 0.0539. The van der Waals surface area contributed by atoms with Crippen molar-refractivity contribution < 1.29 is 10.0 Å². The van der Waals surface area contributed by atoms with Crippen LogP contribution in [0.5, 0.6) is 5.75 Å². The molecule has 0 unspecified atom stereocenters. The van der Waals surface area contributed by atoms with Crippen molar-refractivity contribution in [3.63, 3.8) is 0 Å². The third-order valence-electron chi connectivity index (χ3n) is 2.37. The van der Waals surface area contributed by atoms with Crippen molar-refractivity contribution in [2.75, 3.05) is 0 Å². The molecule has 0 atom stereocenters. The van der Waals surface area contributed by atoms with E-state index >= 15 is 0 Å². The van der Waals surface area contributed by atoms with Gasteiger partial charge in [-0.1, -0.05) is 17.7 Å². The molecule has 19 heavy (non-hydrogen) atoms. The van der Waals surface area contributed by atoms with Gasteiger partial charge in [-0.2, -0.15) is 0 Å². The molecule has 0 fully saturated rings. The van der Waals surface area contributed by atoms with Crippen LogP contribution in [0.4, 0.5) is 11.4 Å². The minimum Gasteiger partial charge on any atom is -0.508 e. The average molecular weight is 277 g/mol. The monoisotopic (exact) mass is 276 g/mol. The second-order valence-electron chi connectivity index (χ2n) is 3.74. The van der Waals surface area contributed by atoms with Crippen LogP contribution in [0.3, 0.4) is 0 Å². The van der Waals surface area contributed by atoms with E-state index in [-0.39, 0.29) is 11.4 Å². The summed E-state index contributed by atoms with van der Waals surface area (Å²) in [7, 11) is 0. The van der Waals surface area contributed by atoms with E-state index in [9.17, 15) is 15.2 Å². The highest BCUT2D eigenvalue weighted by molar-refractivity contribution is 6.33. The highest BCUT2D eigenvalue weighted by Gasteiger charge is 2.08. The SMILES string of the molecule is O=[N+]([O-])c1ccc(Cl)c(C=Nc2cccc(O)c2)c1. The van der Waals surface area contributed by atoms with Crippen molar-refractivity contribution in [1.29, 1.82) is 0 Å². The normalized spacial score (nSPS) is 10.8. The maximum Gasteiger partial charge on any atom is 0.270 e. The van der Waals surface area contributed by atoms with Crippen LogP contribution >= 0.6 is 11.6 Å². The first-order valence-corrected chi connectivity index (χ1v) is 5.71.